The topological polar surface area (TPSA) is 72.2 Å². The Labute approximate surface area is 127 Å². The van der Waals surface area contributed by atoms with E-state index in [1.54, 1.807) is 0 Å². The van der Waals surface area contributed by atoms with Crippen LogP contribution < -0.4 is 5.32 Å². The molecule has 0 spiro atoms. The highest BCUT2D eigenvalue weighted by molar-refractivity contribution is 6.33. The van der Waals surface area contributed by atoms with Gasteiger partial charge in [-0.15, -0.1) is 0 Å². The van der Waals surface area contributed by atoms with Crippen LogP contribution in [-0.4, -0.2) is 17.4 Å². The van der Waals surface area contributed by atoms with Gasteiger partial charge >= 0.3 is 0 Å². The zero-order chi connectivity index (χ0) is 15.0. The molecule has 2 aliphatic carbocycles. The smallest absolute Gasteiger partial charge is 0.287 e. The van der Waals surface area contributed by atoms with E-state index in [9.17, 15) is 14.9 Å². The van der Waals surface area contributed by atoms with Crippen LogP contribution in [0.2, 0.25) is 5.02 Å². The van der Waals surface area contributed by atoms with Crippen LogP contribution >= 0.6 is 11.6 Å². The van der Waals surface area contributed by atoms with Gasteiger partial charge in [-0.1, -0.05) is 18.0 Å². The summed E-state index contributed by atoms with van der Waals surface area (Å²) in [5, 5.41) is 13.6. The number of hydrogen-bond acceptors (Lipinski definition) is 3. The zero-order valence-corrected chi connectivity index (χ0v) is 12.3. The SMILES string of the molecule is O=C(NCC1CC2CCC1C2)c1ccc([N+](=O)[O-])c(Cl)c1. The molecule has 0 heterocycles. The standard InChI is InChI=1S/C15H17ClN2O3/c16-13-7-11(3-4-14(13)18(20)21)15(19)17-8-12-6-9-1-2-10(12)5-9/h3-4,7,9-10,12H,1-2,5-6,8H2,(H,17,19). The summed E-state index contributed by atoms with van der Waals surface area (Å²) in [6.45, 7) is 0.689. The molecule has 0 aliphatic heterocycles. The second-order valence-electron chi connectivity index (χ2n) is 6.07. The maximum absolute atomic E-state index is 12.1. The Bertz CT molecular complexity index is 590. The van der Waals surface area contributed by atoms with Crippen molar-refractivity contribution in [1.82, 2.24) is 5.32 Å². The molecule has 3 rings (SSSR count). The maximum Gasteiger partial charge on any atom is 0.287 e. The Morgan fingerprint density at radius 2 is 2.19 bits per heavy atom. The van der Waals surface area contributed by atoms with Crippen molar-refractivity contribution in [3.05, 3.63) is 38.9 Å². The molecule has 1 amide bonds. The van der Waals surface area contributed by atoms with Crippen LogP contribution in [-0.2, 0) is 0 Å². The monoisotopic (exact) mass is 308 g/mol. The molecule has 2 fully saturated rings. The first kappa shape index (κ1) is 14.3. The average Bonchev–Trinajstić information content (AvgIpc) is 3.06. The Morgan fingerprint density at radius 3 is 2.76 bits per heavy atom. The van der Waals surface area contributed by atoms with Crippen LogP contribution in [0.15, 0.2) is 18.2 Å². The molecule has 21 heavy (non-hydrogen) atoms. The van der Waals surface area contributed by atoms with E-state index in [-0.39, 0.29) is 16.6 Å². The fourth-order valence-corrected chi connectivity index (χ4v) is 4.00. The van der Waals surface area contributed by atoms with Gasteiger partial charge in [0.05, 0.1) is 4.92 Å². The third-order valence-electron chi connectivity index (χ3n) is 4.82. The first-order valence-electron chi connectivity index (χ1n) is 7.26. The van der Waals surface area contributed by atoms with Crippen molar-refractivity contribution < 1.29 is 9.72 Å². The van der Waals surface area contributed by atoms with Gasteiger partial charge in [-0.25, -0.2) is 0 Å². The number of nitrogens with zero attached hydrogens (tertiary/aromatic N) is 1. The van der Waals surface area contributed by atoms with E-state index in [2.05, 4.69) is 5.32 Å². The minimum atomic E-state index is -0.556. The van der Waals surface area contributed by atoms with Crippen LogP contribution in [0.3, 0.4) is 0 Å². The lowest BCUT2D eigenvalue weighted by molar-refractivity contribution is -0.384. The first-order chi connectivity index (χ1) is 10.0. The number of benzene rings is 1. The minimum absolute atomic E-state index is 0.00688. The number of hydrogen-bond donors (Lipinski definition) is 1. The molecule has 0 radical (unpaired) electrons. The molecule has 1 N–H and O–H groups in total. The molecular formula is C15H17ClN2O3. The van der Waals surface area contributed by atoms with Gasteiger partial charge in [0.2, 0.25) is 0 Å². The number of carbonyl (C=O) groups is 1. The fourth-order valence-electron chi connectivity index (χ4n) is 3.75. The van der Waals surface area contributed by atoms with E-state index in [0.717, 1.165) is 11.8 Å². The molecule has 2 saturated carbocycles. The van der Waals surface area contributed by atoms with Crippen molar-refractivity contribution in [2.24, 2.45) is 17.8 Å². The molecule has 0 aromatic heterocycles. The quantitative estimate of drug-likeness (QED) is 0.684. The van der Waals surface area contributed by atoms with Gasteiger partial charge in [0.25, 0.3) is 11.6 Å². The van der Waals surface area contributed by atoms with Gasteiger partial charge in [-0.05, 0) is 49.1 Å². The molecule has 112 valence electrons. The van der Waals surface area contributed by atoms with Gasteiger partial charge in [-0.2, -0.15) is 0 Å². The summed E-state index contributed by atoms with van der Waals surface area (Å²) in [5.41, 5.74) is 0.190. The number of nitro groups is 1. The van der Waals surface area contributed by atoms with Gasteiger partial charge < -0.3 is 5.32 Å². The number of halogens is 1. The predicted octanol–water partition coefficient (Wildman–Crippen LogP) is 3.41. The summed E-state index contributed by atoms with van der Waals surface area (Å²) in [5.74, 6) is 1.98. The lowest BCUT2D eigenvalue weighted by Crippen LogP contribution is -2.31. The molecule has 3 atom stereocenters. The van der Waals surface area contributed by atoms with Gasteiger partial charge in [0.15, 0.2) is 0 Å². The zero-order valence-electron chi connectivity index (χ0n) is 11.5. The van der Waals surface area contributed by atoms with Crippen LogP contribution in [0.4, 0.5) is 5.69 Å². The number of nitro benzene ring substituents is 1. The van der Waals surface area contributed by atoms with Crippen molar-refractivity contribution in [3.8, 4) is 0 Å². The Kier molecular flexibility index (Phi) is 3.85. The summed E-state index contributed by atoms with van der Waals surface area (Å²) in [7, 11) is 0. The van der Waals surface area contributed by atoms with Crippen LogP contribution in [0.1, 0.15) is 36.0 Å². The summed E-state index contributed by atoms with van der Waals surface area (Å²) in [4.78, 5) is 22.2. The van der Waals surface area contributed by atoms with Gasteiger partial charge in [0, 0.05) is 18.2 Å². The second-order valence-corrected chi connectivity index (χ2v) is 6.48. The van der Waals surface area contributed by atoms with Gasteiger partial charge in [-0.3, -0.25) is 14.9 Å². The Morgan fingerprint density at radius 1 is 1.38 bits per heavy atom. The molecular weight excluding hydrogens is 292 g/mol. The normalized spacial score (nSPS) is 26.8. The van der Waals surface area contributed by atoms with Crippen LogP contribution in [0.5, 0.6) is 0 Å². The Balaban J connectivity index is 1.60. The van der Waals surface area contributed by atoms with Crippen molar-refractivity contribution >= 4 is 23.2 Å². The third-order valence-corrected chi connectivity index (χ3v) is 5.12. The van der Waals surface area contributed by atoms with E-state index in [0.29, 0.717) is 18.0 Å². The number of carbonyl (C=O) groups excluding carboxylic acids is 1. The molecule has 3 unspecified atom stereocenters. The van der Waals surface area contributed by atoms with E-state index in [4.69, 9.17) is 11.6 Å². The van der Waals surface area contributed by atoms with E-state index in [1.165, 1.54) is 43.9 Å². The number of fused-ring (bicyclic) bond motifs is 2. The van der Waals surface area contributed by atoms with E-state index in [1.807, 2.05) is 0 Å². The maximum atomic E-state index is 12.1. The Hall–Kier alpha value is -1.62. The fraction of sp³-hybridized carbons (Fsp3) is 0.533. The molecule has 1 aromatic rings. The molecule has 0 saturated heterocycles. The lowest BCUT2D eigenvalue weighted by atomic mass is 9.89. The number of amides is 1. The molecule has 5 nitrogen and oxygen atoms in total. The second kappa shape index (κ2) is 5.64. The average molecular weight is 309 g/mol. The third kappa shape index (κ3) is 2.88. The number of nitrogens with one attached hydrogen (secondary N) is 1. The molecule has 2 aliphatic rings. The van der Waals surface area contributed by atoms with Crippen molar-refractivity contribution in [3.63, 3.8) is 0 Å². The minimum Gasteiger partial charge on any atom is -0.352 e. The largest absolute Gasteiger partial charge is 0.352 e. The summed E-state index contributed by atoms with van der Waals surface area (Å²) in [6.07, 6.45) is 5.15. The highest BCUT2D eigenvalue weighted by Gasteiger charge is 2.39. The highest BCUT2D eigenvalue weighted by Crippen LogP contribution is 2.47. The highest BCUT2D eigenvalue weighted by atomic mass is 35.5. The van der Waals surface area contributed by atoms with Crippen molar-refractivity contribution in [2.75, 3.05) is 6.54 Å². The van der Waals surface area contributed by atoms with Crippen molar-refractivity contribution in [1.29, 1.82) is 0 Å². The molecule has 2 bridgehead atoms. The van der Waals surface area contributed by atoms with Crippen molar-refractivity contribution in [2.45, 2.75) is 25.7 Å². The summed E-state index contributed by atoms with van der Waals surface area (Å²) >= 11 is 5.83. The van der Waals surface area contributed by atoms with Crippen LogP contribution in [0, 0.1) is 27.9 Å². The predicted molar refractivity (Wildman–Crippen MR) is 79.4 cm³/mol. The van der Waals surface area contributed by atoms with E-state index >= 15 is 0 Å². The molecule has 6 heteroatoms. The van der Waals surface area contributed by atoms with Crippen LogP contribution in [0.25, 0.3) is 0 Å². The first-order valence-corrected chi connectivity index (χ1v) is 7.64. The molecule has 1 aromatic carbocycles. The van der Waals surface area contributed by atoms with Gasteiger partial charge in [0.1, 0.15) is 5.02 Å². The lowest BCUT2D eigenvalue weighted by Gasteiger charge is -2.21. The summed E-state index contributed by atoms with van der Waals surface area (Å²) < 4.78 is 0. The summed E-state index contributed by atoms with van der Waals surface area (Å²) in [6, 6.07) is 4.07. The van der Waals surface area contributed by atoms with E-state index < -0.39 is 4.92 Å². The number of rotatable bonds is 4.